The Balaban J connectivity index is 1.64. The molecule has 0 unspecified atom stereocenters. The van der Waals surface area contributed by atoms with Crippen LogP contribution in [0.4, 0.5) is 4.39 Å². The Bertz CT molecular complexity index is 1030. The van der Waals surface area contributed by atoms with Crippen LogP contribution in [-0.2, 0) is 11.3 Å². The SMILES string of the molecule is CCOc1ccc([C@H](c2nnnn2Cc2ccc(F)cc2)[NH+]2CCC(C(N)=O)CC2)cc1. The molecule has 8 nitrogen and oxygen atoms in total. The number of carbonyl (C=O) groups excluding carboxylic acids is 1. The topological polar surface area (TPSA) is 100 Å². The van der Waals surface area contributed by atoms with Gasteiger partial charge in [-0.05, 0) is 59.3 Å². The molecule has 2 aromatic carbocycles. The smallest absolute Gasteiger partial charge is 0.220 e. The molecule has 1 aromatic heterocycles. The number of likely N-dealkylation sites (tertiary alicyclic amines) is 1. The first kappa shape index (κ1) is 21.9. The summed E-state index contributed by atoms with van der Waals surface area (Å²) < 4.78 is 20.7. The maximum absolute atomic E-state index is 13.3. The maximum Gasteiger partial charge on any atom is 0.220 e. The van der Waals surface area contributed by atoms with E-state index in [4.69, 9.17) is 10.5 Å². The van der Waals surface area contributed by atoms with E-state index >= 15 is 0 Å². The van der Waals surface area contributed by atoms with Crippen molar-refractivity contribution in [1.29, 1.82) is 0 Å². The van der Waals surface area contributed by atoms with Crippen molar-refractivity contribution in [2.45, 2.75) is 32.4 Å². The predicted octanol–water partition coefficient (Wildman–Crippen LogP) is 1.13. The Kier molecular flexibility index (Phi) is 6.75. The van der Waals surface area contributed by atoms with Crippen molar-refractivity contribution in [3.63, 3.8) is 0 Å². The first-order valence-electron chi connectivity index (χ1n) is 10.9. The molecule has 0 saturated carbocycles. The molecule has 4 rings (SSSR count). The van der Waals surface area contributed by atoms with Gasteiger partial charge in [0.05, 0.1) is 26.2 Å². The highest BCUT2D eigenvalue weighted by molar-refractivity contribution is 5.76. The van der Waals surface area contributed by atoms with Crippen LogP contribution in [0, 0.1) is 11.7 Å². The van der Waals surface area contributed by atoms with Crippen molar-refractivity contribution in [3.05, 3.63) is 71.3 Å². The van der Waals surface area contributed by atoms with Crippen LogP contribution in [0.25, 0.3) is 0 Å². The number of amides is 1. The summed E-state index contributed by atoms with van der Waals surface area (Å²) in [5.41, 5.74) is 7.51. The average molecular weight is 440 g/mol. The third kappa shape index (κ3) is 4.94. The number of benzene rings is 2. The number of nitrogens with one attached hydrogen (secondary N) is 1. The van der Waals surface area contributed by atoms with E-state index in [-0.39, 0.29) is 23.7 Å². The lowest BCUT2D eigenvalue weighted by Gasteiger charge is -2.33. The molecule has 168 valence electrons. The predicted molar refractivity (Wildman–Crippen MR) is 115 cm³/mol. The third-order valence-electron chi connectivity index (χ3n) is 6.03. The highest BCUT2D eigenvalue weighted by Crippen LogP contribution is 2.23. The minimum atomic E-state index is -0.278. The Hall–Kier alpha value is -3.33. The van der Waals surface area contributed by atoms with Crippen LogP contribution >= 0.6 is 0 Å². The molecular weight excluding hydrogens is 411 g/mol. The Morgan fingerprint density at radius 3 is 2.50 bits per heavy atom. The molecule has 1 fully saturated rings. The van der Waals surface area contributed by atoms with E-state index in [2.05, 4.69) is 15.5 Å². The molecule has 0 bridgehead atoms. The molecule has 2 heterocycles. The number of primary amides is 1. The monoisotopic (exact) mass is 439 g/mol. The second-order valence-corrected chi connectivity index (χ2v) is 8.09. The van der Waals surface area contributed by atoms with Gasteiger partial charge in [0.1, 0.15) is 11.6 Å². The van der Waals surface area contributed by atoms with Crippen molar-refractivity contribution in [1.82, 2.24) is 20.2 Å². The van der Waals surface area contributed by atoms with E-state index in [1.54, 1.807) is 16.8 Å². The van der Waals surface area contributed by atoms with Crippen LogP contribution < -0.4 is 15.4 Å². The number of hydrogen-bond acceptors (Lipinski definition) is 5. The van der Waals surface area contributed by atoms with Gasteiger partial charge in [0.2, 0.25) is 11.7 Å². The van der Waals surface area contributed by atoms with Crippen molar-refractivity contribution in [3.8, 4) is 5.75 Å². The van der Waals surface area contributed by atoms with Gasteiger partial charge in [-0.3, -0.25) is 4.79 Å². The maximum atomic E-state index is 13.3. The molecule has 3 aromatic rings. The third-order valence-corrected chi connectivity index (χ3v) is 6.03. The summed E-state index contributed by atoms with van der Waals surface area (Å²) in [5.74, 6) is 0.937. The van der Waals surface area contributed by atoms with E-state index in [0.717, 1.165) is 48.6 Å². The van der Waals surface area contributed by atoms with Crippen molar-refractivity contribution >= 4 is 5.91 Å². The molecule has 1 saturated heterocycles. The second kappa shape index (κ2) is 9.86. The lowest BCUT2D eigenvalue weighted by molar-refractivity contribution is -0.931. The summed E-state index contributed by atoms with van der Waals surface area (Å²) in [4.78, 5) is 12.9. The summed E-state index contributed by atoms with van der Waals surface area (Å²) in [5, 5.41) is 12.5. The van der Waals surface area contributed by atoms with E-state index in [9.17, 15) is 9.18 Å². The van der Waals surface area contributed by atoms with Gasteiger partial charge in [0.15, 0.2) is 6.04 Å². The number of piperidine rings is 1. The summed E-state index contributed by atoms with van der Waals surface area (Å²) in [6.45, 7) is 4.56. The molecule has 9 heteroatoms. The zero-order chi connectivity index (χ0) is 22.5. The zero-order valence-electron chi connectivity index (χ0n) is 18.1. The number of tetrazole rings is 1. The summed E-state index contributed by atoms with van der Waals surface area (Å²) in [6.07, 6.45) is 1.47. The van der Waals surface area contributed by atoms with E-state index in [1.807, 2.05) is 31.2 Å². The standard InChI is InChI=1S/C23H27FN6O2/c1-2-32-20-9-5-17(6-10-20)21(29-13-11-18(12-14-29)22(25)31)23-26-27-28-30(23)15-16-3-7-19(24)8-4-16/h3-10,18,21H,2,11-15H2,1H3,(H2,25,31)/p+1/t21-/m1/s1. The number of nitrogens with two attached hydrogens (primary N) is 1. The van der Waals surface area contributed by atoms with E-state index < -0.39 is 0 Å². The number of ether oxygens (including phenoxy) is 1. The number of halogens is 1. The van der Waals surface area contributed by atoms with Gasteiger partial charge in [0.25, 0.3) is 0 Å². The minimum Gasteiger partial charge on any atom is -0.494 e. The largest absolute Gasteiger partial charge is 0.494 e. The van der Waals surface area contributed by atoms with Crippen molar-refractivity contribution in [2.75, 3.05) is 19.7 Å². The number of rotatable bonds is 8. The van der Waals surface area contributed by atoms with Crippen LogP contribution in [0.3, 0.4) is 0 Å². The Labute approximate surface area is 186 Å². The van der Waals surface area contributed by atoms with Crippen LogP contribution in [0.15, 0.2) is 48.5 Å². The molecule has 1 amide bonds. The number of nitrogens with zero attached hydrogens (tertiary/aromatic N) is 4. The number of carbonyl (C=O) groups is 1. The highest BCUT2D eigenvalue weighted by Gasteiger charge is 2.36. The average Bonchev–Trinajstić information content (AvgIpc) is 3.25. The van der Waals surface area contributed by atoms with Gasteiger partial charge >= 0.3 is 0 Å². The molecule has 0 radical (unpaired) electrons. The number of quaternary nitrogens is 1. The van der Waals surface area contributed by atoms with Gasteiger partial charge in [0, 0.05) is 24.3 Å². The summed E-state index contributed by atoms with van der Waals surface area (Å²) in [7, 11) is 0. The van der Waals surface area contributed by atoms with Crippen LogP contribution in [0.2, 0.25) is 0 Å². The van der Waals surface area contributed by atoms with Crippen LogP contribution in [-0.4, -0.2) is 45.8 Å². The normalized spacial score (nSPS) is 19.4. The molecule has 0 aliphatic carbocycles. The fourth-order valence-electron chi connectivity index (χ4n) is 4.35. The first-order valence-corrected chi connectivity index (χ1v) is 10.9. The van der Waals surface area contributed by atoms with E-state index in [1.165, 1.54) is 17.0 Å². The molecule has 32 heavy (non-hydrogen) atoms. The second-order valence-electron chi connectivity index (χ2n) is 8.09. The highest BCUT2D eigenvalue weighted by atomic mass is 19.1. The Morgan fingerprint density at radius 1 is 1.19 bits per heavy atom. The fourth-order valence-corrected chi connectivity index (χ4v) is 4.35. The number of hydrogen-bond donors (Lipinski definition) is 2. The van der Waals surface area contributed by atoms with Crippen molar-refractivity contribution in [2.24, 2.45) is 11.7 Å². The molecule has 1 aliphatic heterocycles. The number of aromatic nitrogens is 4. The molecule has 3 N–H and O–H groups in total. The molecule has 1 atom stereocenters. The molecule has 1 aliphatic rings. The van der Waals surface area contributed by atoms with Gasteiger partial charge in [-0.25, -0.2) is 9.07 Å². The Morgan fingerprint density at radius 2 is 1.88 bits per heavy atom. The quantitative estimate of drug-likeness (QED) is 0.548. The molecular formula is C23H28FN6O2+. The lowest BCUT2D eigenvalue weighted by atomic mass is 9.93. The van der Waals surface area contributed by atoms with Gasteiger partial charge in [-0.1, -0.05) is 12.1 Å². The lowest BCUT2D eigenvalue weighted by Crippen LogP contribution is -3.13. The zero-order valence-corrected chi connectivity index (χ0v) is 18.1. The van der Waals surface area contributed by atoms with E-state index in [0.29, 0.717) is 13.2 Å². The molecule has 0 spiro atoms. The summed E-state index contributed by atoms with van der Waals surface area (Å²) >= 11 is 0. The van der Waals surface area contributed by atoms with Gasteiger partial charge < -0.3 is 15.4 Å². The fraction of sp³-hybridized carbons (Fsp3) is 0.391. The summed E-state index contributed by atoms with van der Waals surface area (Å²) in [6, 6.07) is 14.2. The first-order chi connectivity index (χ1) is 15.5. The van der Waals surface area contributed by atoms with Crippen LogP contribution in [0.5, 0.6) is 5.75 Å². The minimum absolute atomic E-state index is 0.0880. The van der Waals surface area contributed by atoms with Crippen molar-refractivity contribution < 1.29 is 18.8 Å². The van der Waals surface area contributed by atoms with Crippen LogP contribution in [0.1, 0.15) is 42.8 Å². The van der Waals surface area contributed by atoms with Gasteiger partial charge in [-0.15, -0.1) is 5.10 Å². The van der Waals surface area contributed by atoms with Gasteiger partial charge in [-0.2, -0.15) is 0 Å².